The van der Waals surface area contributed by atoms with E-state index >= 15 is 0 Å². The molecule has 6 nitrogen and oxygen atoms in total. The maximum atomic E-state index is 11.5. The molecule has 0 aliphatic rings. The van der Waals surface area contributed by atoms with Crippen LogP contribution in [0.2, 0.25) is 0 Å². The summed E-state index contributed by atoms with van der Waals surface area (Å²) in [6.07, 6.45) is -0.739. The monoisotopic (exact) mass is 233 g/mol. The molecule has 0 saturated heterocycles. The highest BCUT2D eigenvalue weighted by molar-refractivity contribution is 5.95. The normalized spacial score (nSPS) is 8.94. The van der Waals surface area contributed by atoms with Gasteiger partial charge in [-0.3, -0.25) is 10.2 Å². The number of carbonyl (C=O) groups is 2. The maximum absolute atomic E-state index is 11.5. The van der Waals surface area contributed by atoms with Crippen molar-refractivity contribution < 1.29 is 14.3 Å². The van der Waals surface area contributed by atoms with Crippen molar-refractivity contribution >= 4 is 12.0 Å². The summed E-state index contributed by atoms with van der Waals surface area (Å²) >= 11 is 0. The second kappa shape index (κ2) is 6.12. The van der Waals surface area contributed by atoms with Gasteiger partial charge in [-0.2, -0.15) is 5.26 Å². The Hall–Kier alpha value is -2.55. The molecule has 0 atom stereocenters. The van der Waals surface area contributed by atoms with Crippen molar-refractivity contribution in [1.82, 2.24) is 10.9 Å². The lowest BCUT2D eigenvalue weighted by Crippen LogP contribution is -2.41. The third kappa shape index (κ3) is 3.83. The lowest BCUT2D eigenvalue weighted by atomic mass is 10.1. The van der Waals surface area contributed by atoms with Gasteiger partial charge in [0.15, 0.2) is 0 Å². The predicted molar refractivity (Wildman–Crippen MR) is 58.8 cm³/mol. The van der Waals surface area contributed by atoms with Crippen molar-refractivity contribution in [2.75, 3.05) is 6.61 Å². The van der Waals surface area contributed by atoms with Gasteiger partial charge in [0, 0.05) is 5.56 Å². The average Bonchev–Trinajstić information content (AvgIpc) is 2.36. The summed E-state index contributed by atoms with van der Waals surface area (Å²) < 4.78 is 4.56. The van der Waals surface area contributed by atoms with Crippen molar-refractivity contribution in [3.05, 3.63) is 35.4 Å². The van der Waals surface area contributed by atoms with Crippen LogP contribution in [0.25, 0.3) is 0 Å². The van der Waals surface area contributed by atoms with E-state index < -0.39 is 12.0 Å². The Kier molecular flexibility index (Phi) is 4.51. The summed E-state index contributed by atoms with van der Waals surface area (Å²) in [7, 11) is 0. The molecule has 0 heterocycles. The number of carbonyl (C=O) groups excluding carboxylic acids is 2. The summed E-state index contributed by atoms with van der Waals surface area (Å²) in [5.74, 6) is -0.518. The Balaban J connectivity index is 2.58. The van der Waals surface area contributed by atoms with Crippen LogP contribution in [0.5, 0.6) is 0 Å². The number of hydrogen-bond donors (Lipinski definition) is 2. The van der Waals surface area contributed by atoms with Crippen LogP contribution in [0.4, 0.5) is 4.79 Å². The van der Waals surface area contributed by atoms with E-state index in [1.165, 1.54) is 12.1 Å². The first kappa shape index (κ1) is 12.5. The molecule has 0 unspecified atom stereocenters. The third-order valence-electron chi connectivity index (χ3n) is 1.81. The zero-order chi connectivity index (χ0) is 12.7. The molecule has 0 bridgehead atoms. The Labute approximate surface area is 98.2 Å². The van der Waals surface area contributed by atoms with Crippen LogP contribution in [0, 0.1) is 11.3 Å². The Bertz CT molecular complexity index is 465. The minimum Gasteiger partial charge on any atom is -0.449 e. The van der Waals surface area contributed by atoms with Crippen LogP contribution in [-0.2, 0) is 4.74 Å². The standard InChI is InChI=1S/C11H11N3O3/c1-2-17-11(16)14-13-10(15)9-5-3-4-8(6-9)7-12/h3-6H,2H2,1H3,(H,13,15)(H,14,16). The molecule has 0 aliphatic heterocycles. The van der Waals surface area contributed by atoms with Gasteiger partial charge < -0.3 is 4.74 Å². The molecule has 1 aromatic rings. The zero-order valence-electron chi connectivity index (χ0n) is 9.19. The molecule has 0 saturated carbocycles. The molecule has 0 radical (unpaired) electrons. The number of hydrazine groups is 1. The van der Waals surface area contributed by atoms with Gasteiger partial charge in [-0.25, -0.2) is 10.2 Å². The smallest absolute Gasteiger partial charge is 0.426 e. The lowest BCUT2D eigenvalue weighted by molar-refractivity contribution is 0.0912. The van der Waals surface area contributed by atoms with Crippen molar-refractivity contribution in [3.63, 3.8) is 0 Å². The van der Waals surface area contributed by atoms with Crippen molar-refractivity contribution in [2.24, 2.45) is 0 Å². The topological polar surface area (TPSA) is 91.2 Å². The first-order valence-corrected chi connectivity index (χ1v) is 4.90. The molecule has 1 rings (SSSR count). The molecule has 1 aromatic carbocycles. The second-order valence-electron chi connectivity index (χ2n) is 2.99. The van der Waals surface area contributed by atoms with Crippen molar-refractivity contribution in [2.45, 2.75) is 6.92 Å². The highest BCUT2D eigenvalue weighted by atomic mass is 16.5. The van der Waals surface area contributed by atoms with E-state index in [4.69, 9.17) is 5.26 Å². The van der Waals surface area contributed by atoms with E-state index in [9.17, 15) is 9.59 Å². The van der Waals surface area contributed by atoms with Gasteiger partial charge in [-0.1, -0.05) is 6.07 Å². The number of rotatable bonds is 2. The summed E-state index contributed by atoms with van der Waals surface area (Å²) in [6, 6.07) is 8.03. The van der Waals surface area contributed by atoms with E-state index in [0.717, 1.165) is 0 Å². The molecular weight excluding hydrogens is 222 g/mol. The Morgan fingerprint density at radius 2 is 2.18 bits per heavy atom. The van der Waals surface area contributed by atoms with Gasteiger partial charge in [0.05, 0.1) is 18.2 Å². The Morgan fingerprint density at radius 3 is 2.82 bits per heavy atom. The van der Waals surface area contributed by atoms with Gasteiger partial charge in [0.25, 0.3) is 5.91 Å². The minimum atomic E-state index is -0.739. The maximum Gasteiger partial charge on any atom is 0.426 e. The zero-order valence-corrected chi connectivity index (χ0v) is 9.19. The van der Waals surface area contributed by atoms with Crippen LogP contribution >= 0.6 is 0 Å². The number of hydrogen-bond acceptors (Lipinski definition) is 4. The lowest BCUT2D eigenvalue weighted by Gasteiger charge is -2.06. The summed E-state index contributed by atoms with van der Waals surface area (Å²) in [6.45, 7) is 1.86. The predicted octanol–water partition coefficient (Wildman–Crippen LogP) is 0.949. The molecular formula is C11H11N3O3. The Morgan fingerprint density at radius 1 is 1.41 bits per heavy atom. The number of nitriles is 1. The van der Waals surface area contributed by atoms with Gasteiger partial charge in [0.1, 0.15) is 0 Å². The molecule has 88 valence electrons. The fourth-order valence-corrected chi connectivity index (χ4v) is 1.08. The second-order valence-corrected chi connectivity index (χ2v) is 2.99. The number of benzene rings is 1. The average molecular weight is 233 g/mol. The van der Waals surface area contributed by atoms with Gasteiger partial charge >= 0.3 is 6.09 Å². The first-order chi connectivity index (χ1) is 8.17. The molecule has 0 aliphatic carbocycles. The quantitative estimate of drug-likeness (QED) is 0.744. The SMILES string of the molecule is CCOC(=O)NNC(=O)c1cccc(C#N)c1. The molecule has 0 fully saturated rings. The van der Waals surface area contributed by atoms with Gasteiger partial charge in [0.2, 0.25) is 0 Å². The van der Waals surface area contributed by atoms with Crippen LogP contribution < -0.4 is 10.9 Å². The van der Waals surface area contributed by atoms with Crippen LogP contribution in [0.3, 0.4) is 0 Å². The van der Waals surface area contributed by atoms with E-state index in [1.54, 1.807) is 19.1 Å². The minimum absolute atomic E-state index is 0.214. The molecule has 2 amide bonds. The van der Waals surface area contributed by atoms with E-state index in [-0.39, 0.29) is 12.2 Å². The van der Waals surface area contributed by atoms with Gasteiger partial charge in [-0.15, -0.1) is 0 Å². The molecule has 6 heteroatoms. The van der Waals surface area contributed by atoms with E-state index in [0.29, 0.717) is 5.56 Å². The van der Waals surface area contributed by atoms with Crippen LogP contribution in [0.1, 0.15) is 22.8 Å². The molecule has 2 N–H and O–H groups in total. The van der Waals surface area contributed by atoms with E-state index in [2.05, 4.69) is 15.6 Å². The number of nitrogens with zero attached hydrogens (tertiary/aromatic N) is 1. The fraction of sp³-hybridized carbons (Fsp3) is 0.182. The van der Waals surface area contributed by atoms with E-state index in [1.807, 2.05) is 6.07 Å². The molecule has 17 heavy (non-hydrogen) atoms. The van der Waals surface area contributed by atoms with Crippen molar-refractivity contribution in [3.8, 4) is 6.07 Å². The summed E-state index contributed by atoms with van der Waals surface area (Å²) in [5.41, 5.74) is 4.89. The van der Waals surface area contributed by atoms with Crippen LogP contribution in [-0.4, -0.2) is 18.6 Å². The molecule has 0 spiro atoms. The van der Waals surface area contributed by atoms with Gasteiger partial charge in [-0.05, 0) is 25.1 Å². The number of amides is 2. The highest BCUT2D eigenvalue weighted by Crippen LogP contribution is 2.03. The molecule has 0 aromatic heterocycles. The number of ether oxygens (including phenoxy) is 1. The van der Waals surface area contributed by atoms with Crippen molar-refractivity contribution in [1.29, 1.82) is 5.26 Å². The largest absolute Gasteiger partial charge is 0.449 e. The first-order valence-electron chi connectivity index (χ1n) is 4.90. The number of nitrogens with one attached hydrogen (secondary N) is 2. The van der Waals surface area contributed by atoms with Crippen LogP contribution in [0.15, 0.2) is 24.3 Å². The fourth-order valence-electron chi connectivity index (χ4n) is 1.08. The third-order valence-corrected chi connectivity index (χ3v) is 1.81. The summed E-state index contributed by atoms with van der Waals surface area (Å²) in [5, 5.41) is 8.66. The highest BCUT2D eigenvalue weighted by Gasteiger charge is 2.07. The summed E-state index contributed by atoms with van der Waals surface area (Å²) in [4.78, 5) is 22.4.